The summed E-state index contributed by atoms with van der Waals surface area (Å²) in [5.74, 6) is 0.0841. The van der Waals surface area contributed by atoms with Gasteiger partial charge < -0.3 is 15.2 Å². The van der Waals surface area contributed by atoms with Crippen LogP contribution >= 0.6 is 0 Å². The molecule has 0 aliphatic carbocycles. The van der Waals surface area contributed by atoms with Crippen LogP contribution in [0, 0.1) is 5.82 Å². The van der Waals surface area contributed by atoms with E-state index in [2.05, 4.69) is 4.98 Å². The van der Waals surface area contributed by atoms with Gasteiger partial charge in [-0.15, -0.1) is 0 Å². The molecule has 17 heavy (non-hydrogen) atoms. The number of ether oxygens (including phenoxy) is 2. The molecule has 2 aromatic rings. The minimum absolute atomic E-state index is 0.205. The molecule has 4 nitrogen and oxygen atoms in total. The van der Waals surface area contributed by atoms with Crippen LogP contribution in [-0.2, 0) is 11.3 Å². The Morgan fingerprint density at radius 1 is 1.35 bits per heavy atom. The summed E-state index contributed by atoms with van der Waals surface area (Å²) in [5.41, 5.74) is 7.11. The van der Waals surface area contributed by atoms with Crippen LogP contribution in [0.1, 0.15) is 5.69 Å². The third kappa shape index (κ3) is 2.01. The first-order valence-electron chi connectivity index (χ1n) is 5.08. The largest absolute Gasteiger partial charge is 0.496 e. The number of hydrogen-bond donors (Lipinski definition) is 1. The predicted octanol–water partition coefficient (Wildman–Crippen LogP) is 2.11. The number of methoxy groups -OCH3 is 2. The van der Waals surface area contributed by atoms with Crippen molar-refractivity contribution >= 4 is 16.6 Å². The van der Waals surface area contributed by atoms with Gasteiger partial charge in [-0.3, -0.25) is 0 Å². The lowest BCUT2D eigenvalue weighted by molar-refractivity contribution is 0.182. The van der Waals surface area contributed by atoms with Crippen molar-refractivity contribution in [3.63, 3.8) is 0 Å². The quantitative estimate of drug-likeness (QED) is 0.886. The van der Waals surface area contributed by atoms with E-state index in [4.69, 9.17) is 15.2 Å². The SMILES string of the molecule is COCc1cc(N)c2c(OC)ccc(F)c2n1. The van der Waals surface area contributed by atoms with Gasteiger partial charge in [0.2, 0.25) is 0 Å². The minimum Gasteiger partial charge on any atom is -0.496 e. The number of nitrogen functional groups attached to an aromatic ring is 1. The lowest BCUT2D eigenvalue weighted by Crippen LogP contribution is -2.00. The number of rotatable bonds is 3. The molecule has 0 aliphatic heterocycles. The molecule has 2 N–H and O–H groups in total. The zero-order valence-corrected chi connectivity index (χ0v) is 9.66. The lowest BCUT2D eigenvalue weighted by atomic mass is 10.1. The van der Waals surface area contributed by atoms with Crippen LogP contribution in [0.5, 0.6) is 5.75 Å². The van der Waals surface area contributed by atoms with Gasteiger partial charge in [-0.05, 0) is 18.2 Å². The van der Waals surface area contributed by atoms with Gasteiger partial charge in [-0.2, -0.15) is 0 Å². The Balaban J connectivity index is 2.74. The normalized spacial score (nSPS) is 10.8. The smallest absolute Gasteiger partial charge is 0.149 e. The van der Waals surface area contributed by atoms with Crippen molar-refractivity contribution in [3.05, 3.63) is 29.7 Å². The highest BCUT2D eigenvalue weighted by molar-refractivity contribution is 5.95. The Hall–Kier alpha value is -1.88. The van der Waals surface area contributed by atoms with Crippen molar-refractivity contribution in [1.82, 2.24) is 4.98 Å². The third-order valence-corrected chi connectivity index (χ3v) is 2.47. The maximum absolute atomic E-state index is 13.7. The van der Waals surface area contributed by atoms with Gasteiger partial charge in [0.25, 0.3) is 0 Å². The molecule has 0 spiro atoms. The van der Waals surface area contributed by atoms with E-state index < -0.39 is 5.82 Å². The standard InChI is InChI=1S/C12H13FN2O2/c1-16-6-7-5-9(14)11-10(17-2)4-3-8(13)12(11)15-7/h3-5H,6H2,1-2H3,(H2,14,15). The van der Waals surface area contributed by atoms with Gasteiger partial charge in [0, 0.05) is 12.8 Å². The first-order valence-corrected chi connectivity index (χ1v) is 5.08. The fourth-order valence-corrected chi connectivity index (χ4v) is 1.75. The predicted molar refractivity (Wildman–Crippen MR) is 63.4 cm³/mol. The second-order valence-corrected chi connectivity index (χ2v) is 3.61. The van der Waals surface area contributed by atoms with Crippen LogP contribution in [-0.4, -0.2) is 19.2 Å². The zero-order chi connectivity index (χ0) is 12.4. The number of nitrogens with zero attached hydrogens (tertiary/aromatic N) is 1. The zero-order valence-electron chi connectivity index (χ0n) is 9.66. The molecule has 90 valence electrons. The summed E-state index contributed by atoms with van der Waals surface area (Å²) in [6.07, 6.45) is 0. The Bertz CT molecular complexity index is 558. The first-order chi connectivity index (χ1) is 8.17. The Kier molecular flexibility index (Phi) is 3.10. The fourth-order valence-electron chi connectivity index (χ4n) is 1.75. The maximum Gasteiger partial charge on any atom is 0.149 e. The Morgan fingerprint density at radius 3 is 2.76 bits per heavy atom. The van der Waals surface area contributed by atoms with Gasteiger partial charge >= 0.3 is 0 Å². The number of anilines is 1. The number of benzene rings is 1. The van der Waals surface area contributed by atoms with Crippen molar-refractivity contribution in [1.29, 1.82) is 0 Å². The Labute approximate surface area is 98.2 Å². The molecule has 1 aromatic heterocycles. The van der Waals surface area contributed by atoms with E-state index in [9.17, 15) is 4.39 Å². The summed E-state index contributed by atoms with van der Waals surface area (Å²) in [6.45, 7) is 0.288. The molecule has 0 amide bonds. The summed E-state index contributed by atoms with van der Waals surface area (Å²) in [4.78, 5) is 4.17. The van der Waals surface area contributed by atoms with Crippen LogP contribution in [0.25, 0.3) is 10.9 Å². The van der Waals surface area contributed by atoms with Crippen LogP contribution in [0.4, 0.5) is 10.1 Å². The highest BCUT2D eigenvalue weighted by atomic mass is 19.1. The second-order valence-electron chi connectivity index (χ2n) is 3.61. The van der Waals surface area contributed by atoms with E-state index in [1.165, 1.54) is 19.2 Å². The van der Waals surface area contributed by atoms with Gasteiger partial charge in [-0.25, -0.2) is 9.37 Å². The molecule has 0 aliphatic rings. The van der Waals surface area contributed by atoms with E-state index >= 15 is 0 Å². The summed E-state index contributed by atoms with van der Waals surface area (Å²) >= 11 is 0. The van der Waals surface area contributed by atoms with Gasteiger partial charge in [0.05, 0.1) is 24.8 Å². The number of aromatic nitrogens is 1. The molecule has 0 atom stereocenters. The number of fused-ring (bicyclic) bond motifs is 1. The maximum atomic E-state index is 13.7. The topological polar surface area (TPSA) is 57.4 Å². The molecule has 1 aromatic carbocycles. The van der Waals surface area contributed by atoms with Crippen LogP contribution in [0.3, 0.4) is 0 Å². The molecule has 0 saturated carbocycles. The molecule has 2 rings (SSSR count). The molecular formula is C12H13FN2O2. The average molecular weight is 236 g/mol. The van der Waals surface area contributed by atoms with E-state index in [-0.39, 0.29) is 12.1 Å². The molecule has 0 fully saturated rings. The number of nitrogens with two attached hydrogens (primary N) is 1. The van der Waals surface area contributed by atoms with Gasteiger partial charge in [0.15, 0.2) is 0 Å². The third-order valence-electron chi connectivity index (χ3n) is 2.47. The minimum atomic E-state index is -0.426. The van der Waals surface area contributed by atoms with Gasteiger partial charge in [0.1, 0.15) is 17.1 Å². The van der Waals surface area contributed by atoms with Crippen molar-refractivity contribution in [2.45, 2.75) is 6.61 Å². The summed E-state index contributed by atoms with van der Waals surface area (Å²) in [6, 6.07) is 4.50. The van der Waals surface area contributed by atoms with E-state index in [1.807, 2.05) is 0 Å². The van der Waals surface area contributed by atoms with Crippen LogP contribution in [0.2, 0.25) is 0 Å². The van der Waals surface area contributed by atoms with E-state index in [1.54, 1.807) is 13.2 Å². The summed E-state index contributed by atoms with van der Waals surface area (Å²) in [5, 5.41) is 0.493. The first kappa shape index (κ1) is 11.6. The second kappa shape index (κ2) is 4.55. The number of halogens is 1. The highest BCUT2D eigenvalue weighted by Crippen LogP contribution is 2.31. The van der Waals surface area contributed by atoms with Gasteiger partial charge in [-0.1, -0.05) is 0 Å². The Morgan fingerprint density at radius 2 is 2.12 bits per heavy atom. The monoisotopic (exact) mass is 236 g/mol. The molecule has 0 saturated heterocycles. The van der Waals surface area contributed by atoms with Crippen LogP contribution < -0.4 is 10.5 Å². The van der Waals surface area contributed by atoms with E-state index in [0.717, 1.165) is 0 Å². The van der Waals surface area contributed by atoms with Crippen LogP contribution in [0.15, 0.2) is 18.2 Å². The molecule has 0 radical (unpaired) electrons. The fraction of sp³-hybridized carbons (Fsp3) is 0.250. The molecule has 5 heteroatoms. The van der Waals surface area contributed by atoms with Crippen molar-refractivity contribution in [3.8, 4) is 5.75 Å². The molecule has 0 bridgehead atoms. The van der Waals surface area contributed by atoms with Crippen molar-refractivity contribution < 1.29 is 13.9 Å². The number of hydrogen-bond acceptors (Lipinski definition) is 4. The lowest BCUT2D eigenvalue weighted by Gasteiger charge is -2.10. The molecule has 0 unspecified atom stereocenters. The highest BCUT2D eigenvalue weighted by Gasteiger charge is 2.12. The van der Waals surface area contributed by atoms with Crippen molar-refractivity contribution in [2.24, 2.45) is 0 Å². The molecular weight excluding hydrogens is 223 g/mol. The summed E-state index contributed by atoms with van der Waals surface area (Å²) in [7, 11) is 3.05. The number of pyridine rings is 1. The van der Waals surface area contributed by atoms with Crippen molar-refractivity contribution in [2.75, 3.05) is 20.0 Å². The summed E-state index contributed by atoms with van der Waals surface area (Å²) < 4.78 is 23.8. The van der Waals surface area contributed by atoms with E-state index in [0.29, 0.717) is 22.5 Å². The molecule has 1 heterocycles. The average Bonchev–Trinajstić information content (AvgIpc) is 2.31.